The first-order chi connectivity index (χ1) is 8.55. The molecule has 0 aromatic carbocycles. The van der Waals surface area contributed by atoms with Crippen LogP contribution in [-0.4, -0.2) is 21.4 Å². The molecule has 0 bridgehead atoms. The van der Waals surface area contributed by atoms with Crippen molar-refractivity contribution in [1.29, 1.82) is 0 Å². The topological polar surface area (TPSA) is 37.8 Å². The lowest BCUT2D eigenvalue weighted by molar-refractivity contribution is 0.549. The van der Waals surface area contributed by atoms with Crippen LogP contribution in [0.3, 0.4) is 0 Å². The Morgan fingerprint density at radius 1 is 1.39 bits per heavy atom. The molecule has 0 spiro atoms. The molecule has 2 aromatic heterocycles. The minimum atomic E-state index is -0.0582. The van der Waals surface area contributed by atoms with Gasteiger partial charge in [0.2, 0.25) is 0 Å². The summed E-state index contributed by atoms with van der Waals surface area (Å²) in [6.07, 6.45) is 3.55. The number of hydrogen-bond acceptors (Lipinski definition) is 4. The first kappa shape index (κ1) is 13.6. The fourth-order valence-corrected chi connectivity index (χ4v) is 3.21. The lowest BCUT2D eigenvalue weighted by atomic mass is 10.0. The van der Waals surface area contributed by atoms with Gasteiger partial charge < -0.3 is 5.32 Å². The molecule has 0 aliphatic heterocycles. The van der Waals surface area contributed by atoms with Crippen molar-refractivity contribution in [2.24, 2.45) is 0 Å². The smallest absolute Gasteiger partial charge is 0.138 e. The number of fused-ring (bicyclic) bond motifs is 1. The van der Waals surface area contributed by atoms with Crippen LogP contribution in [0.1, 0.15) is 32.1 Å². The predicted molar refractivity (Wildman–Crippen MR) is 79.8 cm³/mol. The van der Waals surface area contributed by atoms with Crippen molar-refractivity contribution in [1.82, 2.24) is 9.97 Å². The number of thiophene rings is 1. The van der Waals surface area contributed by atoms with Gasteiger partial charge in [0.25, 0.3) is 0 Å². The van der Waals surface area contributed by atoms with Gasteiger partial charge in [0.15, 0.2) is 0 Å². The van der Waals surface area contributed by atoms with Crippen LogP contribution in [0, 0.1) is 0 Å². The first-order valence-electron chi connectivity index (χ1n) is 6.13. The number of anilines is 1. The van der Waals surface area contributed by atoms with Gasteiger partial charge in [-0.15, -0.1) is 22.9 Å². The van der Waals surface area contributed by atoms with Crippen molar-refractivity contribution in [2.75, 3.05) is 11.2 Å². The van der Waals surface area contributed by atoms with Gasteiger partial charge in [0.1, 0.15) is 17.0 Å². The Kier molecular flexibility index (Phi) is 4.07. The van der Waals surface area contributed by atoms with E-state index in [0.717, 1.165) is 28.9 Å². The molecule has 0 aliphatic rings. The molecule has 1 N–H and O–H groups in total. The van der Waals surface area contributed by atoms with E-state index < -0.39 is 0 Å². The van der Waals surface area contributed by atoms with E-state index >= 15 is 0 Å². The molecule has 0 atom stereocenters. The summed E-state index contributed by atoms with van der Waals surface area (Å²) in [4.78, 5) is 11.1. The third-order valence-electron chi connectivity index (χ3n) is 2.91. The number of nitrogens with zero attached hydrogens (tertiary/aromatic N) is 2. The van der Waals surface area contributed by atoms with Crippen molar-refractivity contribution in [3.05, 3.63) is 17.3 Å². The molecule has 98 valence electrons. The van der Waals surface area contributed by atoms with E-state index in [1.54, 1.807) is 17.7 Å². The number of aryl methyl sites for hydroxylation is 1. The fourth-order valence-electron chi connectivity index (χ4n) is 1.80. The summed E-state index contributed by atoms with van der Waals surface area (Å²) < 4.78 is 0. The second kappa shape index (κ2) is 5.41. The average molecular weight is 284 g/mol. The maximum absolute atomic E-state index is 5.83. The average Bonchev–Trinajstić information content (AvgIpc) is 2.72. The molecule has 2 rings (SSSR count). The Hall–Kier alpha value is -0.870. The maximum atomic E-state index is 5.83. The van der Waals surface area contributed by atoms with E-state index in [1.165, 1.54) is 4.88 Å². The third kappa shape index (κ3) is 2.93. The van der Waals surface area contributed by atoms with Crippen LogP contribution in [0.15, 0.2) is 12.4 Å². The van der Waals surface area contributed by atoms with Crippen LogP contribution in [0.25, 0.3) is 10.2 Å². The quantitative estimate of drug-likeness (QED) is 0.841. The van der Waals surface area contributed by atoms with Gasteiger partial charge >= 0.3 is 0 Å². The van der Waals surface area contributed by atoms with Crippen molar-refractivity contribution in [3.8, 4) is 0 Å². The summed E-state index contributed by atoms with van der Waals surface area (Å²) in [5.41, 5.74) is -0.0582. The third-order valence-corrected chi connectivity index (χ3v) is 4.28. The molecule has 2 heterocycles. The van der Waals surface area contributed by atoms with Crippen molar-refractivity contribution >= 4 is 39.0 Å². The van der Waals surface area contributed by atoms with E-state index in [-0.39, 0.29) is 5.54 Å². The van der Waals surface area contributed by atoms with Gasteiger partial charge in [0, 0.05) is 16.3 Å². The summed E-state index contributed by atoms with van der Waals surface area (Å²) in [6, 6.07) is 2.18. The molecule has 18 heavy (non-hydrogen) atoms. The Morgan fingerprint density at radius 3 is 2.83 bits per heavy atom. The normalized spacial score (nSPS) is 12.0. The SMILES string of the molecule is CCc1cc2c(NC(C)(C)CCCl)ncnc2s1. The molecule has 0 radical (unpaired) electrons. The highest BCUT2D eigenvalue weighted by Gasteiger charge is 2.19. The standard InChI is InChI=1S/C13H18ClN3S/c1-4-9-7-10-11(15-8-16-12(10)18-9)17-13(2,3)5-6-14/h7-8H,4-6H2,1-3H3,(H,15,16,17). The summed E-state index contributed by atoms with van der Waals surface area (Å²) in [5, 5.41) is 4.58. The molecule has 0 unspecified atom stereocenters. The van der Waals surface area contributed by atoms with Crippen molar-refractivity contribution in [3.63, 3.8) is 0 Å². The van der Waals surface area contributed by atoms with Gasteiger partial charge in [0.05, 0.1) is 5.39 Å². The van der Waals surface area contributed by atoms with E-state index in [1.807, 2.05) is 0 Å². The highest BCUT2D eigenvalue weighted by atomic mass is 35.5. The molecular formula is C13H18ClN3S. The van der Waals surface area contributed by atoms with Gasteiger partial charge in [-0.05, 0) is 32.8 Å². The van der Waals surface area contributed by atoms with Crippen LogP contribution in [-0.2, 0) is 6.42 Å². The van der Waals surface area contributed by atoms with E-state index in [2.05, 4.69) is 42.1 Å². The van der Waals surface area contributed by atoms with Crippen LogP contribution in [0.4, 0.5) is 5.82 Å². The zero-order valence-corrected chi connectivity index (χ0v) is 12.5. The molecule has 3 nitrogen and oxygen atoms in total. The summed E-state index contributed by atoms with van der Waals surface area (Å²) in [6.45, 7) is 6.43. The second-order valence-corrected chi connectivity index (χ2v) is 6.45. The minimum absolute atomic E-state index is 0.0582. The lowest BCUT2D eigenvalue weighted by Crippen LogP contribution is -2.31. The first-order valence-corrected chi connectivity index (χ1v) is 7.48. The number of halogens is 1. The van der Waals surface area contributed by atoms with Crippen molar-refractivity contribution < 1.29 is 0 Å². The van der Waals surface area contributed by atoms with E-state index in [0.29, 0.717) is 5.88 Å². The Balaban J connectivity index is 2.35. The van der Waals surface area contributed by atoms with E-state index in [4.69, 9.17) is 11.6 Å². The number of hydrogen-bond donors (Lipinski definition) is 1. The van der Waals surface area contributed by atoms with Gasteiger partial charge in [-0.3, -0.25) is 0 Å². The van der Waals surface area contributed by atoms with Gasteiger partial charge in [-0.1, -0.05) is 6.92 Å². The number of nitrogens with one attached hydrogen (secondary N) is 1. The maximum Gasteiger partial charge on any atom is 0.138 e. The highest BCUT2D eigenvalue weighted by molar-refractivity contribution is 7.18. The Labute approximate surface area is 117 Å². The molecular weight excluding hydrogens is 266 g/mol. The van der Waals surface area contributed by atoms with Gasteiger partial charge in [-0.25, -0.2) is 9.97 Å². The summed E-state index contributed by atoms with van der Waals surface area (Å²) >= 11 is 7.56. The zero-order chi connectivity index (χ0) is 13.2. The fraction of sp³-hybridized carbons (Fsp3) is 0.538. The van der Waals surface area contributed by atoms with Gasteiger partial charge in [-0.2, -0.15) is 0 Å². The molecule has 2 aromatic rings. The van der Waals surface area contributed by atoms with Crippen molar-refractivity contribution in [2.45, 2.75) is 39.2 Å². The molecule has 0 amide bonds. The summed E-state index contributed by atoms with van der Waals surface area (Å²) in [7, 11) is 0. The summed E-state index contributed by atoms with van der Waals surface area (Å²) in [5.74, 6) is 1.55. The number of alkyl halides is 1. The van der Waals surface area contributed by atoms with E-state index in [9.17, 15) is 0 Å². The highest BCUT2D eigenvalue weighted by Crippen LogP contribution is 2.30. The monoisotopic (exact) mass is 283 g/mol. The molecule has 0 saturated heterocycles. The lowest BCUT2D eigenvalue weighted by Gasteiger charge is -2.26. The minimum Gasteiger partial charge on any atom is -0.365 e. The Bertz CT molecular complexity index is 536. The second-order valence-electron chi connectivity index (χ2n) is 4.96. The Morgan fingerprint density at radius 2 is 2.17 bits per heavy atom. The molecule has 0 fully saturated rings. The van der Waals surface area contributed by atoms with Crippen LogP contribution in [0.2, 0.25) is 0 Å². The number of aromatic nitrogens is 2. The molecule has 5 heteroatoms. The predicted octanol–water partition coefficient (Wildman–Crippen LogP) is 4.07. The number of rotatable bonds is 5. The molecule has 0 saturated carbocycles. The van der Waals surface area contributed by atoms with Crippen LogP contribution in [0.5, 0.6) is 0 Å². The van der Waals surface area contributed by atoms with Crippen LogP contribution < -0.4 is 5.32 Å². The van der Waals surface area contributed by atoms with Crippen LogP contribution >= 0.6 is 22.9 Å². The zero-order valence-electron chi connectivity index (χ0n) is 11.0. The largest absolute Gasteiger partial charge is 0.365 e. The molecule has 0 aliphatic carbocycles.